The second-order valence-corrected chi connectivity index (χ2v) is 6.59. The van der Waals surface area contributed by atoms with Crippen LogP contribution in [0.4, 0.5) is 0 Å². The van der Waals surface area contributed by atoms with Crippen molar-refractivity contribution >= 4 is 11.3 Å². The van der Waals surface area contributed by atoms with Crippen LogP contribution < -0.4 is 5.32 Å². The van der Waals surface area contributed by atoms with Crippen molar-refractivity contribution in [3.8, 4) is 0 Å². The summed E-state index contributed by atoms with van der Waals surface area (Å²) in [5.41, 5.74) is 0. The van der Waals surface area contributed by atoms with Crippen molar-refractivity contribution in [3.05, 3.63) is 21.9 Å². The van der Waals surface area contributed by atoms with Gasteiger partial charge >= 0.3 is 0 Å². The molecule has 2 rings (SSSR count). The third-order valence-corrected chi connectivity index (χ3v) is 4.55. The summed E-state index contributed by atoms with van der Waals surface area (Å²) >= 11 is 1.92. The highest BCUT2D eigenvalue weighted by molar-refractivity contribution is 7.11. The molecule has 4 heteroatoms. The van der Waals surface area contributed by atoms with Crippen LogP contribution in [-0.2, 0) is 17.8 Å². The quantitative estimate of drug-likeness (QED) is 0.832. The molecule has 1 aromatic heterocycles. The van der Waals surface area contributed by atoms with Gasteiger partial charge in [0.25, 0.3) is 0 Å². The topological polar surface area (TPSA) is 24.5 Å². The first-order chi connectivity index (χ1) is 9.28. The van der Waals surface area contributed by atoms with Gasteiger partial charge in [-0.1, -0.05) is 6.92 Å². The van der Waals surface area contributed by atoms with Crippen LogP contribution in [0.2, 0.25) is 0 Å². The van der Waals surface area contributed by atoms with Gasteiger partial charge in [-0.25, -0.2) is 0 Å². The number of likely N-dealkylation sites (N-methyl/N-ethyl adjacent to an activating group) is 1. The Kier molecular flexibility index (Phi) is 6.31. The molecule has 1 atom stereocenters. The summed E-state index contributed by atoms with van der Waals surface area (Å²) in [6, 6.07) is 4.50. The summed E-state index contributed by atoms with van der Waals surface area (Å²) in [7, 11) is 2.20. The van der Waals surface area contributed by atoms with Crippen molar-refractivity contribution in [3.63, 3.8) is 0 Å². The maximum Gasteiger partial charge on any atom is 0.0702 e. The molecule has 0 saturated carbocycles. The minimum absolute atomic E-state index is 0.444. The molecule has 0 aromatic carbocycles. The first kappa shape index (κ1) is 15.0. The van der Waals surface area contributed by atoms with Gasteiger partial charge in [-0.2, -0.15) is 0 Å². The normalized spacial score (nSPS) is 20.1. The third-order valence-electron chi connectivity index (χ3n) is 3.48. The van der Waals surface area contributed by atoms with Crippen molar-refractivity contribution in [2.24, 2.45) is 0 Å². The van der Waals surface area contributed by atoms with Crippen LogP contribution in [0.1, 0.15) is 35.9 Å². The first-order valence-corrected chi connectivity index (χ1v) is 8.18. The molecule has 1 aliphatic rings. The van der Waals surface area contributed by atoms with E-state index in [4.69, 9.17) is 4.74 Å². The number of hydrogen-bond acceptors (Lipinski definition) is 4. The molecular weight excluding hydrogens is 256 g/mol. The molecule has 1 unspecified atom stereocenters. The molecule has 1 aromatic rings. The fourth-order valence-electron chi connectivity index (χ4n) is 2.48. The number of thiophene rings is 1. The first-order valence-electron chi connectivity index (χ1n) is 7.36. The molecule has 1 saturated heterocycles. The molecule has 19 heavy (non-hydrogen) atoms. The van der Waals surface area contributed by atoms with Gasteiger partial charge in [0.2, 0.25) is 0 Å². The van der Waals surface area contributed by atoms with E-state index in [9.17, 15) is 0 Å². The predicted octanol–water partition coefficient (Wildman–Crippen LogP) is 2.86. The number of hydrogen-bond donors (Lipinski definition) is 1. The minimum Gasteiger partial charge on any atom is -0.377 e. The van der Waals surface area contributed by atoms with E-state index in [0.717, 1.165) is 32.8 Å². The summed E-state index contributed by atoms with van der Waals surface area (Å²) in [6.07, 6.45) is 4.23. The van der Waals surface area contributed by atoms with Crippen molar-refractivity contribution in [1.29, 1.82) is 0 Å². The lowest BCUT2D eigenvalue weighted by Gasteiger charge is -2.27. The average molecular weight is 282 g/mol. The Morgan fingerprint density at radius 2 is 2.21 bits per heavy atom. The van der Waals surface area contributed by atoms with Crippen LogP contribution in [0.5, 0.6) is 0 Å². The zero-order valence-corrected chi connectivity index (χ0v) is 13.0. The molecule has 2 heterocycles. The lowest BCUT2D eigenvalue weighted by atomic mass is 10.1. The Bertz CT molecular complexity index is 361. The summed E-state index contributed by atoms with van der Waals surface area (Å²) < 4.78 is 5.80. The van der Waals surface area contributed by atoms with E-state index in [-0.39, 0.29) is 0 Å². The highest BCUT2D eigenvalue weighted by Crippen LogP contribution is 2.19. The van der Waals surface area contributed by atoms with Gasteiger partial charge in [-0.3, -0.25) is 4.90 Å². The molecule has 0 aliphatic carbocycles. The summed E-state index contributed by atoms with van der Waals surface area (Å²) in [5, 5.41) is 3.37. The molecule has 0 amide bonds. The maximum absolute atomic E-state index is 5.80. The van der Waals surface area contributed by atoms with Crippen molar-refractivity contribution in [2.75, 3.05) is 26.7 Å². The molecule has 3 nitrogen and oxygen atoms in total. The van der Waals surface area contributed by atoms with Gasteiger partial charge in [0.05, 0.1) is 6.10 Å². The summed E-state index contributed by atoms with van der Waals surface area (Å²) in [5.74, 6) is 0. The van der Waals surface area contributed by atoms with Crippen LogP contribution in [0.25, 0.3) is 0 Å². The Morgan fingerprint density at radius 3 is 2.95 bits per heavy atom. The van der Waals surface area contributed by atoms with E-state index in [1.807, 2.05) is 11.3 Å². The Hall–Kier alpha value is -0.420. The number of nitrogens with one attached hydrogen (secondary N) is 1. The van der Waals surface area contributed by atoms with E-state index in [0.29, 0.717) is 6.10 Å². The van der Waals surface area contributed by atoms with Crippen LogP contribution in [0.3, 0.4) is 0 Å². The van der Waals surface area contributed by atoms with Crippen molar-refractivity contribution in [2.45, 2.75) is 45.4 Å². The molecular formula is C15H26N2OS. The highest BCUT2D eigenvalue weighted by atomic mass is 32.1. The minimum atomic E-state index is 0.444. The van der Waals surface area contributed by atoms with E-state index >= 15 is 0 Å². The van der Waals surface area contributed by atoms with Gasteiger partial charge in [-0.05, 0) is 45.0 Å². The standard InChI is InChI=1S/C15H26N2OS/c1-3-16-10-14-7-8-15(19-14)12-17(2)11-13-6-4-5-9-18-13/h7-8,13,16H,3-6,9-12H2,1-2H3. The van der Waals surface area contributed by atoms with Crippen LogP contribution in [0, 0.1) is 0 Å². The number of rotatable bonds is 7. The predicted molar refractivity (Wildman–Crippen MR) is 81.6 cm³/mol. The van der Waals surface area contributed by atoms with Crippen LogP contribution in [0.15, 0.2) is 12.1 Å². The SMILES string of the molecule is CCNCc1ccc(CN(C)CC2CCCCO2)s1. The van der Waals surface area contributed by atoms with Crippen LogP contribution in [-0.4, -0.2) is 37.7 Å². The number of nitrogens with zero attached hydrogens (tertiary/aromatic N) is 1. The monoisotopic (exact) mass is 282 g/mol. The average Bonchev–Trinajstić information content (AvgIpc) is 2.85. The van der Waals surface area contributed by atoms with E-state index in [1.54, 1.807) is 0 Å². The zero-order valence-electron chi connectivity index (χ0n) is 12.2. The van der Waals surface area contributed by atoms with E-state index in [1.165, 1.54) is 29.0 Å². The number of ether oxygens (including phenoxy) is 1. The van der Waals surface area contributed by atoms with Gasteiger partial charge in [0, 0.05) is 36.0 Å². The summed E-state index contributed by atoms with van der Waals surface area (Å²) in [6.45, 7) is 7.22. The van der Waals surface area contributed by atoms with Crippen molar-refractivity contribution < 1.29 is 4.74 Å². The van der Waals surface area contributed by atoms with Crippen molar-refractivity contribution in [1.82, 2.24) is 10.2 Å². The fourth-order valence-corrected chi connectivity index (χ4v) is 3.55. The second kappa shape index (κ2) is 8.00. The molecule has 108 valence electrons. The van der Waals surface area contributed by atoms with Gasteiger partial charge in [0.15, 0.2) is 0 Å². The Labute approximate surface area is 121 Å². The highest BCUT2D eigenvalue weighted by Gasteiger charge is 2.16. The molecule has 1 aliphatic heterocycles. The van der Waals surface area contributed by atoms with Gasteiger partial charge in [-0.15, -0.1) is 11.3 Å². The third kappa shape index (κ3) is 5.22. The molecule has 1 N–H and O–H groups in total. The molecule has 0 bridgehead atoms. The molecule has 0 radical (unpaired) electrons. The lowest BCUT2D eigenvalue weighted by molar-refractivity contribution is -0.00245. The van der Waals surface area contributed by atoms with E-state index < -0.39 is 0 Å². The Morgan fingerprint density at radius 1 is 1.37 bits per heavy atom. The smallest absolute Gasteiger partial charge is 0.0702 e. The van der Waals surface area contributed by atoms with Crippen LogP contribution >= 0.6 is 11.3 Å². The molecule has 0 spiro atoms. The second-order valence-electron chi connectivity index (χ2n) is 5.33. The fraction of sp³-hybridized carbons (Fsp3) is 0.733. The largest absolute Gasteiger partial charge is 0.377 e. The van der Waals surface area contributed by atoms with Gasteiger partial charge in [0.1, 0.15) is 0 Å². The zero-order chi connectivity index (χ0) is 13.5. The maximum atomic E-state index is 5.80. The Balaban J connectivity index is 1.74. The molecule has 1 fully saturated rings. The lowest BCUT2D eigenvalue weighted by Crippen LogP contribution is -2.32. The van der Waals surface area contributed by atoms with Gasteiger partial charge < -0.3 is 10.1 Å². The summed E-state index contributed by atoms with van der Waals surface area (Å²) in [4.78, 5) is 5.27. The van der Waals surface area contributed by atoms with E-state index in [2.05, 4.69) is 36.3 Å².